The number of guanidine groups is 1. The summed E-state index contributed by atoms with van der Waals surface area (Å²) in [5.74, 6) is -1.82. The fourth-order valence-corrected chi connectivity index (χ4v) is 3.10. The molecule has 176 valence electrons. The largest absolute Gasteiger partial charge is 0.481 e. The van der Waals surface area contributed by atoms with E-state index in [1.807, 2.05) is 30.3 Å². The molecule has 2 aromatic carbocycles. The standard InChI is InChI=1S/C23H30N6O4/c24-18(7-4-12-27-23(25)26)21(32)29-19(13-15-5-2-1-3-6-15)22(33)28-17-10-8-16(9-11-17)14-20(30)31/h1-3,5-6,8-11,18-19H,4,7,12-14,24H2,(H,28,33)(H,29,32)(H,30,31)(H4,25,26,27)/t18-,19-/m0/s1. The summed E-state index contributed by atoms with van der Waals surface area (Å²) in [4.78, 5) is 40.3. The number of aliphatic imine (C=N–C) groups is 1. The summed E-state index contributed by atoms with van der Waals surface area (Å²) >= 11 is 0. The van der Waals surface area contributed by atoms with Gasteiger partial charge >= 0.3 is 5.97 Å². The highest BCUT2D eigenvalue weighted by molar-refractivity contribution is 5.98. The molecule has 33 heavy (non-hydrogen) atoms. The number of hydrogen-bond acceptors (Lipinski definition) is 5. The molecule has 2 aromatic rings. The Kier molecular flexibility index (Phi) is 9.84. The maximum atomic E-state index is 13.0. The number of nitrogens with zero attached hydrogens (tertiary/aromatic N) is 1. The van der Waals surface area contributed by atoms with E-state index in [0.717, 1.165) is 5.56 Å². The van der Waals surface area contributed by atoms with Crippen molar-refractivity contribution in [3.8, 4) is 0 Å². The molecule has 0 saturated carbocycles. The Morgan fingerprint density at radius 2 is 1.61 bits per heavy atom. The molecule has 9 N–H and O–H groups in total. The summed E-state index contributed by atoms with van der Waals surface area (Å²) in [6.07, 6.45) is 1.04. The number of nitrogens with two attached hydrogens (primary N) is 3. The second kappa shape index (κ2) is 12.8. The maximum absolute atomic E-state index is 13.0. The van der Waals surface area contributed by atoms with Crippen LogP contribution in [0.4, 0.5) is 5.69 Å². The predicted molar refractivity (Wildman–Crippen MR) is 126 cm³/mol. The van der Waals surface area contributed by atoms with Gasteiger partial charge in [0.25, 0.3) is 0 Å². The van der Waals surface area contributed by atoms with Gasteiger partial charge in [-0.2, -0.15) is 0 Å². The summed E-state index contributed by atoms with van der Waals surface area (Å²) in [5.41, 5.74) is 18.5. The molecule has 0 aliphatic carbocycles. The van der Waals surface area contributed by atoms with Crippen molar-refractivity contribution in [3.63, 3.8) is 0 Å². The monoisotopic (exact) mass is 454 g/mol. The quantitative estimate of drug-likeness (QED) is 0.152. The average molecular weight is 455 g/mol. The van der Waals surface area contributed by atoms with Gasteiger partial charge in [-0.1, -0.05) is 42.5 Å². The number of amides is 2. The molecule has 0 spiro atoms. The molecule has 0 aliphatic rings. The second-order valence-electron chi connectivity index (χ2n) is 7.56. The maximum Gasteiger partial charge on any atom is 0.307 e. The minimum atomic E-state index is -0.938. The first-order valence-electron chi connectivity index (χ1n) is 10.5. The van der Waals surface area contributed by atoms with Crippen LogP contribution in [0.1, 0.15) is 24.0 Å². The van der Waals surface area contributed by atoms with E-state index in [-0.39, 0.29) is 18.8 Å². The minimum Gasteiger partial charge on any atom is -0.481 e. The van der Waals surface area contributed by atoms with E-state index in [1.54, 1.807) is 24.3 Å². The van der Waals surface area contributed by atoms with Crippen molar-refractivity contribution in [2.24, 2.45) is 22.2 Å². The number of aliphatic carboxylic acids is 1. The van der Waals surface area contributed by atoms with E-state index in [2.05, 4.69) is 15.6 Å². The number of carbonyl (C=O) groups excluding carboxylic acids is 2. The average Bonchev–Trinajstić information content (AvgIpc) is 2.77. The van der Waals surface area contributed by atoms with Crippen LogP contribution in [0.3, 0.4) is 0 Å². The number of anilines is 1. The van der Waals surface area contributed by atoms with Crippen molar-refractivity contribution in [3.05, 3.63) is 65.7 Å². The van der Waals surface area contributed by atoms with E-state index < -0.39 is 29.9 Å². The zero-order chi connectivity index (χ0) is 24.2. The van der Waals surface area contributed by atoms with Crippen LogP contribution in [-0.4, -0.2) is 47.5 Å². The lowest BCUT2D eigenvalue weighted by Gasteiger charge is -2.21. The van der Waals surface area contributed by atoms with Crippen LogP contribution in [0.5, 0.6) is 0 Å². The molecule has 0 aromatic heterocycles. The molecule has 10 nitrogen and oxygen atoms in total. The molecule has 0 saturated heterocycles. The smallest absolute Gasteiger partial charge is 0.307 e. The molecular formula is C23H30N6O4. The van der Waals surface area contributed by atoms with Gasteiger partial charge in [-0.15, -0.1) is 0 Å². The van der Waals surface area contributed by atoms with Crippen LogP contribution in [-0.2, 0) is 27.2 Å². The first-order valence-corrected chi connectivity index (χ1v) is 10.5. The van der Waals surface area contributed by atoms with Gasteiger partial charge in [0.2, 0.25) is 11.8 Å². The van der Waals surface area contributed by atoms with Crippen LogP contribution in [0.2, 0.25) is 0 Å². The third kappa shape index (κ3) is 9.40. The second-order valence-corrected chi connectivity index (χ2v) is 7.56. The van der Waals surface area contributed by atoms with Crippen molar-refractivity contribution < 1.29 is 19.5 Å². The normalized spacial score (nSPS) is 12.3. The van der Waals surface area contributed by atoms with Gasteiger partial charge in [0.15, 0.2) is 5.96 Å². The Labute approximate surface area is 192 Å². The van der Waals surface area contributed by atoms with Gasteiger partial charge in [-0.05, 0) is 36.1 Å². The van der Waals surface area contributed by atoms with E-state index in [0.29, 0.717) is 30.6 Å². The number of carboxylic acids is 1. The Bertz CT molecular complexity index is 959. The molecule has 0 unspecified atom stereocenters. The van der Waals surface area contributed by atoms with Crippen molar-refractivity contribution in [2.45, 2.75) is 37.8 Å². The Hall–Kier alpha value is -3.92. The predicted octanol–water partition coefficient (Wildman–Crippen LogP) is 0.361. The SMILES string of the molecule is NC(N)=NCCC[C@H](N)C(=O)N[C@@H](Cc1ccccc1)C(=O)Nc1ccc(CC(=O)O)cc1. The Morgan fingerprint density at radius 1 is 0.939 bits per heavy atom. The molecular weight excluding hydrogens is 424 g/mol. The molecule has 2 rings (SSSR count). The fourth-order valence-electron chi connectivity index (χ4n) is 3.10. The first kappa shape index (κ1) is 25.3. The molecule has 0 heterocycles. The number of benzene rings is 2. The first-order chi connectivity index (χ1) is 15.7. The highest BCUT2D eigenvalue weighted by Crippen LogP contribution is 2.12. The van der Waals surface area contributed by atoms with Crippen LogP contribution in [0.15, 0.2) is 59.6 Å². The number of carboxylic acid groups (broad SMARTS) is 1. The van der Waals surface area contributed by atoms with Gasteiger partial charge in [0, 0.05) is 18.7 Å². The minimum absolute atomic E-state index is 0.0244. The van der Waals surface area contributed by atoms with Crippen molar-refractivity contribution in [1.82, 2.24) is 5.32 Å². The van der Waals surface area contributed by atoms with Gasteiger partial charge in [-0.25, -0.2) is 0 Å². The zero-order valence-electron chi connectivity index (χ0n) is 18.2. The van der Waals surface area contributed by atoms with Gasteiger partial charge in [0.1, 0.15) is 6.04 Å². The highest BCUT2D eigenvalue weighted by atomic mass is 16.4. The van der Waals surface area contributed by atoms with Crippen molar-refractivity contribution >= 4 is 29.4 Å². The van der Waals surface area contributed by atoms with Crippen LogP contribution >= 0.6 is 0 Å². The lowest BCUT2D eigenvalue weighted by Crippen LogP contribution is -2.51. The molecule has 0 radical (unpaired) electrons. The third-order valence-corrected chi connectivity index (χ3v) is 4.80. The van der Waals surface area contributed by atoms with E-state index >= 15 is 0 Å². The topological polar surface area (TPSA) is 186 Å². The Balaban J connectivity index is 2.04. The molecule has 10 heteroatoms. The summed E-state index contributed by atoms with van der Waals surface area (Å²) < 4.78 is 0. The van der Waals surface area contributed by atoms with E-state index in [9.17, 15) is 14.4 Å². The molecule has 2 atom stereocenters. The fraction of sp³-hybridized carbons (Fsp3) is 0.304. The summed E-state index contributed by atoms with van der Waals surface area (Å²) in [5, 5.41) is 14.4. The van der Waals surface area contributed by atoms with Gasteiger partial charge in [-0.3, -0.25) is 19.4 Å². The Morgan fingerprint density at radius 3 is 2.21 bits per heavy atom. The summed E-state index contributed by atoms with van der Waals surface area (Å²) in [6, 6.07) is 14.1. The lowest BCUT2D eigenvalue weighted by molar-refractivity contribution is -0.136. The molecule has 0 aliphatic heterocycles. The van der Waals surface area contributed by atoms with Crippen LogP contribution < -0.4 is 27.8 Å². The zero-order valence-corrected chi connectivity index (χ0v) is 18.2. The van der Waals surface area contributed by atoms with Crippen molar-refractivity contribution in [2.75, 3.05) is 11.9 Å². The number of nitrogens with one attached hydrogen (secondary N) is 2. The van der Waals surface area contributed by atoms with Crippen LogP contribution in [0, 0.1) is 0 Å². The summed E-state index contributed by atoms with van der Waals surface area (Å²) in [7, 11) is 0. The van der Waals surface area contributed by atoms with Gasteiger partial charge in [0.05, 0.1) is 12.5 Å². The van der Waals surface area contributed by atoms with Crippen LogP contribution in [0.25, 0.3) is 0 Å². The number of carbonyl (C=O) groups is 3. The lowest BCUT2D eigenvalue weighted by atomic mass is 10.0. The van der Waals surface area contributed by atoms with Crippen molar-refractivity contribution in [1.29, 1.82) is 0 Å². The number of hydrogen-bond donors (Lipinski definition) is 6. The molecule has 0 fully saturated rings. The van der Waals surface area contributed by atoms with E-state index in [1.165, 1.54) is 0 Å². The molecule has 0 bridgehead atoms. The number of rotatable bonds is 12. The van der Waals surface area contributed by atoms with Gasteiger partial charge < -0.3 is 32.9 Å². The van der Waals surface area contributed by atoms with E-state index in [4.69, 9.17) is 22.3 Å². The summed E-state index contributed by atoms with van der Waals surface area (Å²) in [6.45, 7) is 0.356. The third-order valence-electron chi connectivity index (χ3n) is 4.80. The molecule has 2 amide bonds. The highest BCUT2D eigenvalue weighted by Gasteiger charge is 2.24.